The van der Waals surface area contributed by atoms with E-state index in [2.05, 4.69) is 0 Å². The monoisotopic (exact) mass is 178 g/mol. The molecule has 0 aliphatic rings. The highest BCUT2D eigenvalue weighted by atomic mass is 19.1. The van der Waals surface area contributed by atoms with Crippen molar-refractivity contribution in [2.75, 3.05) is 0 Å². The van der Waals surface area contributed by atoms with Crippen LogP contribution in [0, 0.1) is 12.7 Å². The molecule has 0 amide bonds. The van der Waals surface area contributed by atoms with E-state index >= 15 is 0 Å². The molecule has 66 valence electrons. The van der Waals surface area contributed by atoms with E-state index in [0.29, 0.717) is 5.76 Å². The molecule has 1 aromatic heterocycles. The van der Waals surface area contributed by atoms with Crippen LogP contribution in [0.1, 0.15) is 5.76 Å². The maximum atomic E-state index is 13.1. The van der Waals surface area contributed by atoms with Crippen LogP contribution < -0.4 is 5.43 Å². The molecule has 2 rings (SSSR count). The van der Waals surface area contributed by atoms with E-state index in [1.54, 1.807) is 13.0 Å². The van der Waals surface area contributed by atoms with Gasteiger partial charge >= 0.3 is 0 Å². The first-order chi connectivity index (χ1) is 6.18. The highest BCUT2D eigenvalue weighted by Crippen LogP contribution is 2.15. The van der Waals surface area contributed by atoms with Crippen LogP contribution in [0.4, 0.5) is 4.39 Å². The largest absolute Gasteiger partial charge is 0.458 e. The Kier molecular flexibility index (Phi) is 1.65. The quantitative estimate of drug-likeness (QED) is 0.619. The Labute approximate surface area is 73.6 Å². The third kappa shape index (κ3) is 1.22. The van der Waals surface area contributed by atoms with Crippen molar-refractivity contribution >= 4 is 11.0 Å². The van der Waals surface area contributed by atoms with E-state index in [1.807, 2.05) is 0 Å². The first-order valence-electron chi connectivity index (χ1n) is 3.87. The second kappa shape index (κ2) is 2.69. The minimum atomic E-state index is -0.502. The molecular weight excluding hydrogens is 171 g/mol. The van der Waals surface area contributed by atoms with Crippen LogP contribution >= 0.6 is 0 Å². The Morgan fingerprint density at radius 1 is 1.38 bits per heavy atom. The van der Waals surface area contributed by atoms with E-state index in [4.69, 9.17) is 4.42 Å². The van der Waals surface area contributed by atoms with Gasteiger partial charge in [0.2, 0.25) is 0 Å². The standard InChI is InChI=1S/C10H7FO2/c1-6-5-9(12)7-3-2-4-8(11)10(7)13-6/h2-5H,1H3. The Morgan fingerprint density at radius 2 is 2.15 bits per heavy atom. The van der Waals surface area contributed by atoms with Gasteiger partial charge in [-0.2, -0.15) is 0 Å². The number of fused-ring (bicyclic) bond motifs is 1. The van der Waals surface area contributed by atoms with Crippen molar-refractivity contribution in [1.29, 1.82) is 0 Å². The van der Waals surface area contributed by atoms with E-state index in [1.165, 1.54) is 18.2 Å². The molecule has 0 unspecified atom stereocenters. The molecule has 0 aliphatic heterocycles. The number of benzene rings is 1. The lowest BCUT2D eigenvalue weighted by atomic mass is 10.2. The molecule has 0 aliphatic carbocycles. The summed E-state index contributed by atoms with van der Waals surface area (Å²) < 4.78 is 18.2. The average Bonchev–Trinajstić information content (AvgIpc) is 2.07. The normalized spacial score (nSPS) is 10.6. The van der Waals surface area contributed by atoms with Crippen molar-refractivity contribution in [1.82, 2.24) is 0 Å². The Morgan fingerprint density at radius 3 is 2.92 bits per heavy atom. The van der Waals surface area contributed by atoms with Gasteiger partial charge in [0.25, 0.3) is 0 Å². The molecule has 0 saturated carbocycles. The number of hydrogen-bond donors (Lipinski definition) is 0. The SMILES string of the molecule is Cc1cc(=O)c2cccc(F)c2o1. The summed E-state index contributed by atoms with van der Waals surface area (Å²) in [7, 11) is 0. The minimum Gasteiger partial charge on any atom is -0.458 e. The molecule has 0 fully saturated rings. The van der Waals surface area contributed by atoms with Crippen LogP contribution in [-0.2, 0) is 0 Å². The third-order valence-corrected chi connectivity index (χ3v) is 1.83. The fourth-order valence-corrected chi connectivity index (χ4v) is 1.26. The maximum Gasteiger partial charge on any atom is 0.193 e. The lowest BCUT2D eigenvalue weighted by Crippen LogP contribution is -2.00. The highest BCUT2D eigenvalue weighted by Gasteiger charge is 2.05. The zero-order chi connectivity index (χ0) is 9.42. The summed E-state index contributed by atoms with van der Waals surface area (Å²) in [6.07, 6.45) is 0. The van der Waals surface area contributed by atoms with Gasteiger partial charge in [0.1, 0.15) is 5.76 Å². The first kappa shape index (κ1) is 7.98. The topological polar surface area (TPSA) is 30.2 Å². The van der Waals surface area contributed by atoms with Crippen molar-refractivity contribution < 1.29 is 8.81 Å². The summed E-state index contributed by atoms with van der Waals surface area (Å²) in [5, 5.41) is 0.283. The summed E-state index contributed by atoms with van der Waals surface area (Å²) in [6, 6.07) is 5.65. The van der Waals surface area contributed by atoms with E-state index < -0.39 is 5.82 Å². The first-order valence-corrected chi connectivity index (χ1v) is 3.87. The van der Waals surface area contributed by atoms with Gasteiger partial charge in [-0.15, -0.1) is 0 Å². The second-order valence-electron chi connectivity index (χ2n) is 2.84. The number of aryl methyl sites for hydroxylation is 1. The fraction of sp³-hybridized carbons (Fsp3) is 0.100. The Hall–Kier alpha value is -1.64. The molecule has 0 bridgehead atoms. The molecule has 2 aromatic rings. The predicted molar refractivity (Wildman–Crippen MR) is 47.2 cm³/mol. The van der Waals surface area contributed by atoms with Crippen molar-refractivity contribution in [3.8, 4) is 0 Å². The van der Waals surface area contributed by atoms with Crippen molar-refractivity contribution in [3.05, 3.63) is 46.1 Å². The summed E-state index contributed by atoms with van der Waals surface area (Å²) in [5.74, 6) is -0.0825. The van der Waals surface area contributed by atoms with Gasteiger partial charge in [-0.05, 0) is 19.1 Å². The fourth-order valence-electron chi connectivity index (χ4n) is 1.26. The number of halogens is 1. The van der Waals surface area contributed by atoms with E-state index in [9.17, 15) is 9.18 Å². The average molecular weight is 178 g/mol. The van der Waals surface area contributed by atoms with Gasteiger partial charge in [0.05, 0.1) is 5.39 Å². The lowest BCUT2D eigenvalue weighted by molar-refractivity contribution is 0.527. The molecule has 13 heavy (non-hydrogen) atoms. The van der Waals surface area contributed by atoms with Crippen LogP contribution in [-0.4, -0.2) is 0 Å². The Balaban J connectivity index is 3.03. The summed E-state index contributed by atoms with van der Waals surface area (Å²) in [6.45, 7) is 1.62. The molecule has 0 radical (unpaired) electrons. The second-order valence-corrected chi connectivity index (χ2v) is 2.84. The van der Waals surface area contributed by atoms with Gasteiger partial charge in [-0.25, -0.2) is 4.39 Å². The van der Waals surface area contributed by atoms with Crippen LogP contribution in [0.25, 0.3) is 11.0 Å². The van der Waals surface area contributed by atoms with Crippen LogP contribution in [0.2, 0.25) is 0 Å². The van der Waals surface area contributed by atoms with Crippen LogP contribution in [0.3, 0.4) is 0 Å². The van der Waals surface area contributed by atoms with Gasteiger partial charge in [0.15, 0.2) is 16.8 Å². The molecular formula is C10H7FO2. The minimum absolute atomic E-state index is 0.0347. The van der Waals surface area contributed by atoms with Gasteiger partial charge in [-0.3, -0.25) is 4.79 Å². The lowest BCUT2D eigenvalue weighted by Gasteiger charge is -1.98. The molecule has 1 aromatic carbocycles. The zero-order valence-corrected chi connectivity index (χ0v) is 7.00. The zero-order valence-electron chi connectivity index (χ0n) is 7.00. The smallest absolute Gasteiger partial charge is 0.193 e. The van der Waals surface area contributed by atoms with Crippen molar-refractivity contribution in [3.63, 3.8) is 0 Å². The summed E-state index contributed by atoms with van der Waals surface area (Å²) in [4.78, 5) is 11.3. The van der Waals surface area contributed by atoms with Crippen LogP contribution in [0.5, 0.6) is 0 Å². The van der Waals surface area contributed by atoms with Crippen molar-refractivity contribution in [2.24, 2.45) is 0 Å². The maximum absolute atomic E-state index is 13.1. The van der Waals surface area contributed by atoms with Gasteiger partial charge in [-0.1, -0.05) is 6.07 Å². The Bertz CT molecular complexity index is 514. The summed E-state index contributed by atoms with van der Waals surface area (Å²) in [5.41, 5.74) is -0.175. The molecule has 3 heteroatoms. The van der Waals surface area contributed by atoms with E-state index in [0.717, 1.165) is 0 Å². The number of hydrogen-bond acceptors (Lipinski definition) is 2. The number of para-hydroxylation sites is 1. The molecule has 0 atom stereocenters. The third-order valence-electron chi connectivity index (χ3n) is 1.83. The highest BCUT2D eigenvalue weighted by molar-refractivity contribution is 5.76. The predicted octanol–water partition coefficient (Wildman–Crippen LogP) is 2.24. The van der Waals surface area contributed by atoms with Gasteiger partial charge in [0, 0.05) is 6.07 Å². The van der Waals surface area contributed by atoms with E-state index in [-0.39, 0.29) is 16.4 Å². The molecule has 0 saturated heterocycles. The van der Waals surface area contributed by atoms with Crippen LogP contribution in [0.15, 0.2) is 33.5 Å². The van der Waals surface area contributed by atoms with Crippen molar-refractivity contribution in [2.45, 2.75) is 6.92 Å². The molecule has 0 N–H and O–H groups in total. The molecule has 1 heterocycles. The summed E-state index contributed by atoms with van der Waals surface area (Å²) >= 11 is 0. The molecule has 0 spiro atoms. The van der Waals surface area contributed by atoms with Gasteiger partial charge < -0.3 is 4.42 Å². The number of rotatable bonds is 0. The molecule has 2 nitrogen and oxygen atoms in total.